The standard InChI is InChI=1S/C17H17F3N2O3S3/c18-17(19,20)16(23)21-11-13-6-7-15(27-13)26-12-4-3-5-14(10-12)28(24,25)22-8-1-2-9-22/h3-7,10H,1-2,8-9,11H2,(H,21,23). The van der Waals surface area contributed by atoms with E-state index in [4.69, 9.17) is 0 Å². The number of nitrogens with one attached hydrogen (secondary N) is 1. The van der Waals surface area contributed by atoms with Gasteiger partial charge < -0.3 is 5.32 Å². The Labute approximate surface area is 169 Å². The number of carbonyl (C=O) groups excluding carboxylic acids is 1. The van der Waals surface area contributed by atoms with E-state index in [2.05, 4.69) is 0 Å². The van der Waals surface area contributed by atoms with Crippen LogP contribution in [0.5, 0.6) is 0 Å². The van der Waals surface area contributed by atoms with E-state index in [1.807, 2.05) is 5.32 Å². The van der Waals surface area contributed by atoms with Gasteiger partial charge in [-0.3, -0.25) is 4.79 Å². The molecule has 5 nitrogen and oxygen atoms in total. The molecule has 0 radical (unpaired) electrons. The summed E-state index contributed by atoms with van der Waals surface area (Å²) in [6, 6.07) is 9.97. The molecule has 0 saturated carbocycles. The molecule has 2 aromatic rings. The number of halogens is 3. The summed E-state index contributed by atoms with van der Waals surface area (Å²) in [5.41, 5.74) is 0. The van der Waals surface area contributed by atoms with Gasteiger partial charge in [-0.1, -0.05) is 17.8 Å². The normalized spacial score (nSPS) is 15.7. The maximum Gasteiger partial charge on any atom is 0.471 e. The Morgan fingerprint density at radius 3 is 2.57 bits per heavy atom. The highest BCUT2D eigenvalue weighted by atomic mass is 32.2. The first-order chi connectivity index (χ1) is 13.2. The highest BCUT2D eigenvalue weighted by Crippen LogP contribution is 2.35. The van der Waals surface area contributed by atoms with Crippen molar-refractivity contribution in [3.05, 3.63) is 41.3 Å². The Morgan fingerprint density at radius 1 is 1.18 bits per heavy atom. The molecule has 1 aromatic heterocycles. The number of nitrogens with zero attached hydrogens (tertiary/aromatic N) is 1. The minimum atomic E-state index is -4.91. The molecule has 1 aromatic carbocycles. The third-order valence-corrected chi connectivity index (χ3v) is 8.15. The Morgan fingerprint density at radius 2 is 1.89 bits per heavy atom. The van der Waals surface area contributed by atoms with Gasteiger partial charge in [0.05, 0.1) is 15.6 Å². The fourth-order valence-electron chi connectivity index (χ4n) is 2.67. The largest absolute Gasteiger partial charge is 0.471 e. The number of rotatable bonds is 6. The van der Waals surface area contributed by atoms with Crippen molar-refractivity contribution < 1.29 is 26.4 Å². The number of hydrogen-bond donors (Lipinski definition) is 1. The van der Waals surface area contributed by atoms with Gasteiger partial charge >= 0.3 is 12.1 Å². The van der Waals surface area contributed by atoms with E-state index in [1.54, 1.807) is 36.4 Å². The number of hydrogen-bond acceptors (Lipinski definition) is 5. The summed E-state index contributed by atoms with van der Waals surface area (Å²) in [5.74, 6) is -1.98. The van der Waals surface area contributed by atoms with Crippen molar-refractivity contribution in [3.8, 4) is 0 Å². The van der Waals surface area contributed by atoms with E-state index in [1.165, 1.54) is 27.4 Å². The molecule has 11 heteroatoms. The van der Waals surface area contributed by atoms with Crippen LogP contribution in [0.25, 0.3) is 0 Å². The molecular weight excluding hydrogens is 433 g/mol. The summed E-state index contributed by atoms with van der Waals surface area (Å²) < 4.78 is 64.3. The summed E-state index contributed by atoms with van der Waals surface area (Å²) in [6.45, 7) is 0.836. The van der Waals surface area contributed by atoms with Crippen LogP contribution in [0.15, 0.2) is 50.4 Å². The quantitative estimate of drug-likeness (QED) is 0.726. The molecule has 1 aliphatic rings. The minimum Gasteiger partial charge on any atom is -0.343 e. The molecular formula is C17H17F3N2O3S3. The zero-order valence-electron chi connectivity index (χ0n) is 14.5. The van der Waals surface area contributed by atoms with Crippen molar-refractivity contribution in [3.63, 3.8) is 0 Å². The lowest BCUT2D eigenvalue weighted by Crippen LogP contribution is -2.36. The molecule has 1 N–H and O–H groups in total. The summed E-state index contributed by atoms with van der Waals surface area (Å²) in [5, 5.41) is 1.83. The third kappa shape index (κ3) is 5.07. The van der Waals surface area contributed by atoms with Gasteiger partial charge in [-0.05, 0) is 43.2 Å². The predicted molar refractivity (Wildman–Crippen MR) is 101 cm³/mol. The van der Waals surface area contributed by atoms with Crippen LogP contribution in [0, 0.1) is 0 Å². The fourth-order valence-corrected chi connectivity index (χ4v) is 6.46. The fraction of sp³-hybridized carbons (Fsp3) is 0.353. The Bertz CT molecular complexity index is 952. The van der Waals surface area contributed by atoms with E-state index in [0.29, 0.717) is 22.9 Å². The molecule has 0 aliphatic carbocycles. The average molecular weight is 451 g/mol. The molecule has 2 heterocycles. The zero-order chi connectivity index (χ0) is 20.4. The van der Waals surface area contributed by atoms with Gasteiger partial charge in [-0.25, -0.2) is 8.42 Å². The maximum absolute atomic E-state index is 12.7. The van der Waals surface area contributed by atoms with Crippen molar-refractivity contribution in [1.82, 2.24) is 9.62 Å². The van der Waals surface area contributed by atoms with Gasteiger partial charge in [0.15, 0.2) is 0 Å². The van der Waals surface area contributed by atoms with Crippen LogP contribution < -0.4 is 5.32 Å². The second-order valence-corrected chi connectivity index (χ2v) is 10.6. The summed E-state index contributed by atoms with van der Waals surface area (Å²) >= 11 is 2.56. The molecule has 28 heavy (non-hydrogen) atoms. The summed E-state index contributed by atoms with van der Waals surface area (Å²) in [7, 11) is -3.51. The van der Waals surface area contributed by atoms with E-state index >= 15 is 0 Å². The number of thiophene rings is 1. The number of amides is 1. The highest BCUT2D eigenvalue weighted by molar-refractivity contribution is 8.01. The van der Waals surface area contributed by atoms with Crippen molar-refractivity contribution in [2.24, 2.45) is 0 Å². The third-order valence-electron chi connectivity index (χ3n) is 4.04. The van der Waals surface area contributed by atoms with Gasteiger partial charge in [0.2, 0.25) is 10.0 Å². The number of alkyl halides is 3. The number of benzene rings is 1. The van der Waals surface area contributed by atoms with Crippen molar-refractivity contribution in [2.45, 2.75) is 39.6 Å². The molecule has 1 fully saturated rings. The van der Waals surface area contributed by atoms with Gasteiger partial charge in [0, 0.05) is 22.9 Å². The van der Waals surface area contributed by atoms with Gasteiger partial charge in [-0.2, -0.15) is 17.5 Å². The van der Waals surface area contributed by atoms with Crippen LogP contribution in [-0.2, 0) is 21.4 Å². The molecule has 152 valence electrons. The maximum atomic E-state index is 12.7. The predicted octanol–water partition coefficient (Wildman–Crippen LogP) is 3.86. The topological polar surface area (TPSA) is 66.5 Å². The molecule has 1 aliphatic heterocycles. The second-order valence-electron chi connectivity index (χ2n) is 6.09. The van der Waals surface area contributed by atoms with E-state index in [9.17, 15) is 26.4 Å². The Kier molecular flexibility index (Phi) is 6.37. The second kappa shape index (κ2) is 8.44. The average Bonchev–Trinajstić information content (AvgIpc) is 3.31. The van der Waals surface area contributed by atoms with Crippen LogP contribution in [0.1, 0.15) is 17.7 Å². The first kappa shape index (κ1) is 21.2. The summed E-state index contributed by atoms with van der Waals surface area (Å²) in [6.07, 6.45) is -3.19. The zero-order valence-corrected chi connectivity index (χ0v) is 17.0. The number of carbonyl (C=O) groups is 1. The molecule has 0 unspecified atom stereocenters. The van der Waals surface area contributed by atoms with Gasteiger partial charge in [0.25, 0.3) is 0 Å². The molecule has 0 bridgehead atoms. The molecule has 0 atom stereocenters. The SMILES string of the molecule is O=C(NCc1ccc(Sc2cccc(S(=O)(=O)N3CCCC3)c2)s1)C(F)(F)F. The highest BCUT2D eigenvalue weighted by Gasteiger charge is 2.38. The monoisotopic (exact) mass is 450 g/mol. The van der Waals surface area contributed by atoms with Crippen molar-refractivity contribution in [2.75, 3.05) is 13.1 Å². The first-order valence-corrected chi connectivity index (χ1v) is 11.5. The summed E-state index contributed by atoms with van der Waals surface area (Å²) in [4.78, 5) is 12.4. The Balaban J connectivity index is 1.66. The van der Waals surface area contributed by atoms with E-state index in [-0.39, 0.29) is 11.4 Å². The van der Waals surface area contributed by atoms with E-state index in [0.717, 1.165) is 17.1 Å². The van der Waals surface area contributed by atoms with Crippen molar-refractivity contribution >= 4 is 39.0 Å². The van der Waals surface area contributed by atoms with Crippen molar-refractivity contribution in [1.29, 1.82) is 0 Å². The minimum absolute atomic E-state index is 0.215. The first-order valence-electron chi connectivity index (χ1n) is 8.38. The van der Waals surface area contributed by atoms with Crippen LogP contribution in [0.2, 0.25) is 0 Å². The molecule has 0 spiro atoms. The number of sulfonamides is 1. The van der Waals surface area contributed by atoms with Gasteiger partial charge in [0.1, 0.15) is 0 Å². The van der Waals surface area contributed by atoms with Crippen LogP contribution in [0.3, 0.4) is 0 Å². The van der Waals surface area contributed by atoms with Crippen LogP contribution >= 0.6 is 23.1 Å². The lowest BCUT2D eigenvalue weighted by Gasteiger charge is -2.15. The van der Waals surface area contributed by atoms with Crippen LogP contribution in [-0.4, -0.2) is 37.9 Å². The lowest BCUT2D eigenvalue weighted by atomic mass is 10.4. The van der Waals surface area contributed by atoms with Gasteiger partial charge in [-0.15, -0.1) is 11.3 Å². The smallest absolute Gasteiger partial charge is 0.343 e. The molecule has 1 amide bonds. The lowest BCUT2D eigenvalue weighted by molar-refractivity contribution is -0.173. The molecule has 1 saturated heterocycles. The molecule has 3 rings (SSSR count). The van der Waals surface area contributed by atoms with Crippen LogP contribution in [0.4, 0.5) is 13.2 Å². The Hall–Kier alpha value is -1.56. The van der Waals surface area contributed by atoms with E-state index < -0.39 is 22.1 Å².